The van der Waals surface area contributed by atoms with E-state index in [1.165, 1.54) is 6.26 Å². The van der Waals surface area contributed by atoms with E-state index < -0.39 is 18.6 Å². The van der Waals surface area contributed by atoms with Gasteiger partial charge in [-0.25, -0.2) is 0 Å². The molecule has 0 radical (unpaired) electrons. The molecule has 0 aliphatic heterocycles. The number of halogens is 3. The molecule has 0 aliphatic rings. The topological polar surface area (TPSA) is 73.0 Å². The van der Waals surface area contributed by atoms with E-state index >= 15 is 0 Å². The summed E-state index contributed by atoms with van der Waals surface area (Å²) in [6, 6.07) is 3.40. The number of alkyl halides is 3. The number of thioether (sulfide) groups is 1. The van der Waals surface area contributed by atoms with Crippen LogP contribution in [0.5, 0.6) is 0 Å². The lowest BCUT2D eigenvalue weighted by atomic mass is 10.4. The summed E-state index contributed by atoms with van der Waals surface area (Å²) in [6.07, 6.45) is -2.93. The van der Waals surface area contributed by atoms with Gasteiger partial charge in [0.25, 0.3) is 0 Å². The zero-order chi connectivity index (χ0) is 15.5. The van der Waals surface area contributed by atoms with Crippen LogP contribution in [0.2, 0.25) is 0 Å². The Morgan fingerprint density at radius 2 is 2.24 bits per heavy atom. The van der Waals surface area contributed by atoms with Crippen molar-refractivity contribution in [3.63, 3.8) is 0 Å². The maximum atomic E-state index is 11.9. The van der Waals surface area contributed by atoms with Gasteiger partial charge in [0, 0.05) is 7.05 Å². The van der Waals surface area contributed by atoms with E-state index in [-0.39, 0.29) is 5.75 Å². The number of hydrogen-bond acceptors (Lipinski definition) is 5. The Hall–Kier alpha value is -1.97. The molecule has 114 valence electrons. The van der Waals surface area contributed by atoms with E-state index in [2.05, 4.69) is 10.2 Å². The molecule has 2 aromatic heterocycles. The Kier molecular flexibility index (Phi) is 4.56. The van der Waals surface area contributed by atoms with Crippen LogP contribution in [-0.4, -0.2) is 39.1 Å². The molecule has 6 nitrogen and oxygen atoms in total. The fourth-order valence-electron chi connectivity index (χ4n) is 1.44. The number of aromatic nitrogens is 3. The number of amides is 1. The van der Waals surface area contributed by atoms with Crippen molar-refractivity contribution in [2.24, 2.45) is 7.05 Å². The van der Waals surface area contributed by atoms with Gasteiger partial charge in [0.15, 0.2) is 16.7 Å². The van der Waals surface area contributed by atoms with Gasteiger partial charge < -0.3 is 14.3 Å². The van der Waals surface area contributed by atoms with Crippen LogP contribution in [-0.2, 0) is 11.8 Å². The molecule has 1 N–H and O–H groups in total. The summed E-state index contributed by atoms with van der Waals surface area (Å²) < 4.78 is 42.6. The maximum absolute atomic E-state index is 11.9. The molecular weight excluding hydrogens is 309 g/mol. The number of nitrogens with zero attached hydrogens (tertiary/aromatic N) is 3. The number of carbonyl (C=O) groups excluding carboxylic acids is 1. The molecule has 2 heterocycles. The number of carbonyl (C=O) groups is 1. The van der Waals surface area contributed by atoms with Crippen molar-refractivity contribution in [3.8, 4) is 11.6 Å². The van der Waals surface area contributed by atoms with Gasteiger partial charge >= 0.3 is 6.18 Å². The third kappa shape index (κ3) is 4.25. The molecule has 0 unspecified atom stereocenters. The monoisotopic (exact) mass is 320 g/mol. The summed E-state index contributed by atoms with van der Waals surface area (Å²) >= 11 is 0.992. The SMILES string of the molecule is Cn1c(SCC(=O)NCC(F)(F)F)nnc1-c1ccco1. The molecule has 0 bridgehead atoms. The van der Waals surface area contributed by atoms with Gasteiger partial charge in [0.05, 0.1) is 12.0 Å². The minimum atomic E-state index is -4.42. The van der Waals surface area contributed by atoms with E-state index in [1.807, 2.05) is 0 Å². The zero-order valence-electron chi connectivity index (χ0n) is 10.8. The molecule has 21 heavy (non-hydrogen) atoms. The standard InChI is InChI=1S/C11H11F3N4O2S/c1-18-9(7-3-2-4-20-7)16-17-10(18)21-5-8(19)15-6-11(12,13)14/h2-4H,5-6H2,1H3,(H,15,19). The van der Waals surface area contributed by atoms with Crippen LogP contribution in [0.25, 0.3) is 11.6 Å². The van der Waals surface area contributed by atoms with E-state index in [4.69, 9.17) is 4.42 Å². The van der Waals surface area contributed by atoms with Crippen LogP contribution in [0.1, 0.15) is 0 Å². The second-order valence-electron chi connectivity index (χ2n) is 4.02. The first-order chi connectivity index (χ1) is 9.87. The normalized spacial score (nSPS) is 11.6. The molecule has 0 aliphatic carbocycles. The average molecular weight is 320 g/mol. The van der Waals surface area contributed by atoms with Crippen LogP contribution in [0.3, 0.4) is 0 Å². The molecule has 2 aromatic rings. The summed E-state index contributed by atoms with van der Waals surface area (Å²) in [4.78, 5) is 11.3. The second kappa shape index (κ2) is 6.20. The first-order valence-electron chi connectivity index (χ1n) is 5.76. The molecule has 0 spiro atoms. The first-order valence-corrected chi connectivity index (χ1v) is 6.75. The Labute approximate surface area is 121 Å². The first kappa shape index (κ1) is 15.4. The molecule has 0 atom stereocenters. The van der Waals surface area contributed by atoms with Crippen molar-refractivity contribution >= 4 is 17.7 Å². The fourth-order valence-corrected chi connectivity index (χ4v) is 2.18. The fraction of sp³-hybridized carbons (Fsp3) is 0.364. The van der Waals surface area contributed by atoms with E-state index in [0.29, 0.717) is 16.7 Å². The van der Waals surface area contributed by atoms with Crippen molar-refractivity contribution in [1.29, 1.82) is 0 Å². The van der Waals surface area contributed by atoms with Gasteiger partial charge in [-0.05, 0) is 12.1 Å². The molecule has 2 rings (SSSR count). The highest BCUT2D eigenvalue weighted by molar-refractivity contribution is 7.99. The maximum Gasteiger partial charge on any atom is 0.405 e. The van der Waals surface area contributed by atoms with Gasteiger partial charge in [0.2, 0.25) is 5.91 Å². The van der Waals surface area contributed by atoms with Crippen molar-refractivity contribution in [2.45, 2.75) is 11.3 Å². The van der Waals surface area contributed by atoms with Gasteiger partial charge in [-0.3, -0.25) is 4.79 Å². The summed E-state index contributed by atoms with van der Waals surface area (Å²) in [6.45, 7) is -1.34. The third-order valence-electron chi connectivity index (χ3n) is 2.39. The smallest absolute Gasteiger partial charge is 0.405 e. The Morgan fingerprint density at radius 1 is 1.48 bits per heavy atom. The Bertz CT molecular complexity index is 610. The minimum Gasteiger partial charge on any atom is -0.461 e. The van der Waals surface area contributed by atoms with E-state index in [9.17, 15) is 18.0 Å². The quantitative estimate of drug-likeness (QED) is 0.851. The number of hydrogen-bond donors (Lipinski definition) is 1. The summed E-state index contributed by atoms with van der Waals surface area (Å²) in [5, 5.41) is 9.97. The lowest BCUT2D eigenvalue weighted by Crippen LogP contribution is -2.34. The molecule has 0 saturated heterocycles. The minimum absolute atomic E-state index is 0.180. The molecule has 0 fully saturated rings. The third-order valence-corrected chi connectivity index (χ3v) is 3.42. The lowest BCUT2D eigenvalue weighted by Gasteiger charge is -2.07. The van der Waals surface area contributed by atoms with Crippen molar-refractivity contribution in [2.75, 3.05) is 12.3 Å². The van der Waals surface area contributed by atoms with E-state index in [1.54, 1.807) is 29.1 Å². The largest absolute Gasteiger partial charge is 0.461 e. The summed E-state index contributed by atoms with van der Waals surface area (Å²) in [7, 11) is 1.67. The molecule has 1 amide bonds. The van der Waals surface area contributed by atoms with Crippen LogP contribution in [0.4, 0.5) is 13.2 Å². The highest BCUT2D eigenvalue weighted by Gasteiger charge is 2.27. The van der Waals surface area contributed by atoms with Gasteiger partial charge in [0.1, 0.15) is 6.54 Å². The molecule has 10 heteroatoms. The predicted molar refractivity (Wildman–Crippen MR) is 68.5 cm³/mol. The second-order valence-corrected chi connectivity index (χ2v) is 4.97. The van der Waals surface area contributed by atoms with Gasteiger partial charge in [-0.2, -0.15) is 13.2 Å². The summed E-state index contributed by atoms with van der Waals surface area (Å²) in [5.74, 6) is 0.0802. The molecular formula is C11H11F3N4O2S. The van der Waals surface area contributed by atoms with Crippen LogP contribution in [0, 0.1) is 0 Å². The predicted octanol–water partition coefficient (Wildman–Crippen LogP) is 1.85. The number of furan rings is 1. The Balaban J connectivity index is 1.91. The van der Waals surface area contributed by atoms with Crippen LogP contribution >= 0.6 is 11.8 Å². The highest BCUT2D eigenvalue weighted by atomic mass is 32.2. The number of rotatable bonds is 5. The molecule has 0 saturated carbocycles. The average Bonchev–Trinajstić information content (AvgIpc) is 3.02. The number of nitrogens with one attached hydrogen (secondary N) is 1. The van der Waals surface area contributed by atoms with Gasteiger partial charge in [-0.1, -0.05) is 11.8 Å². The Morgan fingerprint density at radius 3 is 2.86 bits per heavy atom. The van der Waals surface area contributed by atoms with Crippen LogP contribution in [0.15, 0.2) is 28.0 Å². The zero-order valence-corrected chi connectivity index (χ0v) is 11.7. The van der Waals surface area contributed by atoms with Crippen molar-refractivity contribution in [3.05, 3.63) is 18.4 Å². The summed E-state index contributed by atoms with van der Waals surface area (Å²) in [5.41, 5.74) is 0. The van der Waals surface area contributed by atoms with Gasteiger partial charge in [-0.15, -0.1) is 10.2 Å². The van der Waals surface area contributed by atoms with E-state index in [0.717, 1.165) is 11.8 Å². The molecule has 0 aromatic carbocycles. The lowest BCUT2D eigenvalue weighted by molar-refractivity contribution is -0.136. The van der Waals surface area contributed by atoms with Crippen molar-refractivity contribution in [1.82, 2.24) is 20.1 Å². The highest BCUT2D eigenvalue weighted by Crippen LogP contribution is 2.22. The van der Waals surface area contributed by atoms with Crippen LogP contribution < -0.4 is 5.32 Å². The van der Waals surface area contributed by atoms with Crippen molar-refractivity contribution < 1.29 is 22.4 Å².